The predicted octanol–water partition coefficient (Wildman–Crippen LogP) is 2.89. The molecule has 7 heteroatoms. The van der Waals surface area contributed by atoms with E-state index in [-0.39, 0.29) is 11.4 Å². The van der Waals surface area contributed by atoms with E-state index in [0.717, 1.165) is 0 Å². The maximum absolute atomic E-state index is 11.0. The SMILES string of the molecule is O=C(O)c1ccc(Cn2ccc3c([N+](=O)[O-])cccc32)o1. The summed E-state index contributed by atoms with van der Waals surface area (Å²) in [6, 6.07) is 9.44. The number of carboxylic acid groups (broad SMARTS) is 1. The second-order valence-corrected chi connectivity index (χ2v) is 4.48. The van der Waals surface area contributed by atoms with Crippen LogP contribution in [0, 0.1) is 10.1 Å². The summed E-state index contributed by atoms with van der Waals surface area (Å²) < 4.78 is 6.96. The van der Waals surface area contributed by atoms with Gasteiger partial charge in [-0.05, 0) is 24.3 Å². The Morgan fingerprint density at radius 1 is 1.29 bits per heavy atom. The fraction of sp³-hybridized carbons (Fsp3) is 0.0714. The van der Waals surface area contributed by atoms with Gasteiger partial charge in [-0.3, -0.25) is 10.1 Å². The summed E-state index contributed by atoms with van der Waals surface area (Å²) in [7, 11) is 0. The molecule has 21 heavy (non-hydrogen) atoms. The van der Waals surface area contributed by atoms with E-state index < -0.39 is 10.9 Å². The summed E-state index contributed by atoms with van der Waals surface area (Å²) in [5, 5.41) is 20.3. The first kappa shape index (κ1) is 12.9. The Bertz CT molecular complexity index is 846. The minimum atomic E-state index is -1.13. The molecule has 0 aliphatic rings. The van der Waals surface area contributed by atoms with Crippen LogP contribution < -0.4 is 0 Å². The molecule has 0 radical (unpaired) electrons. The second kappa shape index (κ2) is 4.78. The smallest absolute Gasteiger partial charge is 0.371 e. The highest BCUT2D eigenvalue weighted by Gasteiger charge is 2.15. The molecule has 1 N–H and O–H groups in total. The van der Waals surface area contributed by atoms with Crippen LogP contribution in [0.25, 0.3) is 10.9 Å². The summed E-state index contributed by atoms with van der Waals surface area (Å²) in [6.45, 7) is 0.304. The van der Waals surface area contributed by atoms with Gasteiger partial charge in [-0.1, -0.05) is 6.07 Å². The normalized spacial score (nSPS) is 10.9. The van der Waals surface area contributed by atoms with Gasteiger partial charge in [-0.2, -0.15) is 0 Å². The summed E-state index contributed by atoms with van der Waals surface area (Å²) in [5.41, 5.74) is 0.731. The molecule has 3 rings (SSSR count). The molecule has 0 atom stereocenters. The third-order valence-corrected chi connectivity index (χ3v) is 3.19. The molecule has 0 spiro atoms. The number of nitro groups is 1. The highest BCUT2D eigenvalue weighted by molar-refractivity contribution is 5.89. The van der Waals surface area contributed by atoms with Crippen molar-refractivity contribution in [3.63, 3.8) is 0 Å². The maximum atomic E-state index is 11.0. The second-order valence-electron chi connectivity index (χ2n) is 4.48. The van der Waals surface area contributed by atoms with Gasteiger partial charge in [0.1, 0.15) is 5.76 Å². The number of aromatic carboxylic acids is 1. The fourth-order valence-electron chi connectivity index (χ4n) is 2.25. The molecule has 0 unspecified atom stereocenters. The van der Waals surface area contributed by atoms with Gasteiger partial charge in [0.15, 0.2) is 0 Å². The number of non-ortho nitro benzene ring substituents is 1. The zero-order valence-corrected chi connectivity index (χ0v) is 10.7. The first-order valence-corrected chi connectivity index (χ1v) is 6.10. The number of carboxylic acids is 1. The van der Waals surface area contributed by atoms with Crippen LogP contribution in [0.4, 0.5) is 5.69 Å². The van der Waals surface area contributed by atoms with Crippen molar-refractivity contribution in [2.24, 2.45) is 0 Å². The van der Waals surface area contributed by atoms with E-state index in [1.807, 2.05) is 0 Å². The first-order chi connectivity index (χ1) is 10.1. The summed E-state index contributed by atoms with van der Waals surface area (Å²) in [6.07, 6.45) is 1.71. The van der Waals surface area contributed by atoms with Crippen molar-refractivity contribution in [2.75, 3.05) is 0 Å². The topological polar surface area (TPSA) is 98.5 Å². The number of nitrogens with zero attached hydrogens (tertiary/aromatic N) is 2. The molecule has 0 aliphatic carbocycles. The van der Waals surface area contributed by atoms with E-state index in [1.165, 1.54) is 12.1 Å². The molecule has 0 saturated carbocycles. The van der Waals surface area contributed by atoms with Crippen LogP contribution in [0.2, 0.25) is 0 Å². The fourth-order valence-corrected chi connectivity index (χ4v) is 2.25. The molecule has 106 valence electrons. The number of rotatable bonds is 4. The minimum absolute atomic E-state index is 0.0388. The van der Waals surface area contributed by atoms with Crippen molar-refractivity contribution in [3.8, 4) is 0 Å². The quantitative estimate of drug-likeness (QED) is 0.587. The van der Waals surface area contributed by atoms with Crippen LogP contribution in [-0.4, -0.2) is 20.6 Å². The molecular formula is C14H10N2O5. The Morgan fingerprint density at radius 2 is 2.10 bits per heavy atom. The lowest BCUT2D eigenvalue weighted by atomic mass is 10.2. The van der Waals surface area contributed by atoms with Crippen LogP contribution in [-0.2, 0) is 6.54 Å². The lowest BCUT2D eigenvalue weighted by molar-refractivity contribution is -0.383. The molecule has 3 aromatic rings. The van der Waals surface area contributed by atoms with Gasteiger partial charge in [-0.15, -0.1) is 0 Å². The van der Waals surface area contributed by atoms with Gasteiger partial charge in [0, 0.05) is 12.3 Å². The zero-order valence-electron chi connectivity index (χ0n) is 10.7. The van der Waals surface area contributed by atoms with Crippen molar-refractivity contribution < 1.29 is 19.2 Å². The highest BCUT2D eigenvalue weighted by Crippen LogP contribution is 2.26. The van der Waals surface area contributed by atoms with Crippen molar-refractivity contribution >= 4 is 22.6 Å². The lowest BCUT2D eigenvalue weighted by Gasteiger charge is -2.02. The van der Waals surface area contributed by atoms with Crippen LogP contribution in [0.15, 0.2) is 47.0 Å². The number of benzene rings is 1. The number of furan rings is 1. The van der Waals surface area contributed by atoms with Crippen molar-refractivity contribution in [1.82, 2.24) is 4.57 Å². The number of carbonyl (C=O) groups is 1. The highest BCUT2D eigenvalue weighted by atomic mass is 16.6. The van der Waals surface area contributed by atoms with Crippen LogP contribution in [0.1, 0.15) is 16.3 Å². The molecule has 1 aromatic carbocycles. The van der Waals surface area contributed by atoms with Gasteiger partial charge in [0.05, 0.1) is 22.4 Å². The molecule has 0 bridgehead atoms. The molecule has 0 amide bonds. The third kappa shape index (κ3) is 2.25. The van der Waals surface area contributed by atoms with Crippen molar-refractivity contribution in [3.05, 3.63) is 64.2 Å². The minimum Gasteiger partial charge on any atom is -0.475 e. The van der Waals surface area contributed by atoms with Crippen molar-refractivity contribution in [1.29, 1.82) is 0 Å². The van der Waals surface area contributed by atoms with E-state index in [2.05, 4.69) is 0 Å². The zero-order chi connectivity index (χ0) is 15.0. The monoisotopic (exact) mass is 286 g/mol. The molecule has 0 fully saturated rings. The van der Waals surface area contributed by atoms with E-state index >= 15 is 0 Å². The number of aromatic nitrogens is 1. The Morgan fingerprint density at radius 3 is 2.76 bits per heavy atom. The molecule has 2 aromatic heterocycles. The molecule has 2 heterocycles. The molecular weight excluding hydrogens is 276 g/mol. The van der Waals surface area contributed by atoms with Crippen LogP contribution >= 0.6 is 0 Å². The Kier molecular flexibility index (Phi) is 2.94. The number of hydrogen-bond donors (Lipinski definition) is 1. The predicted molar refractivity (Wildman–Crippen MR) is 73.4 cm³/mol. The van der Waals surface area contributed by atoms with Crippen LogP contribution in [0.3, 0.4) is 0 Å². The first-order valence-electron chi connectivity index (χ1n) is 6.10. The van der Waals surface area contributed by atoms with Gasteiger partial charge in [-0.25, -0.2) is 4.79 Å². The Hall–Kier alpha value is -3.09. The Labute approximate surface area is 118 Å². The van der Waals surface area contributed by atoms with E-state index in [1.54, 1.807) is 35.0 Å². The summed E-state index contributed by atoms with van der Waals surface area (Å²) in [4.78, 5) is 21.3. The van der Waals surface area contributed by atoms with Gasteiger partial charge >= 0.3 is 5.97 Å². The maximum Gasteiger partial charge on any atom is 0.371 e. The van der Waals surface area contributed by atoms with E-state index in [4.69, 9.17) is 9.52 Å². The average Bonchev–Trinajstić information content (AvgIpc) is 3.06. The van der Waals surface area contributed by atoms with E-state index in [0.29, 0.717) is 23.2 Å². The van der Waals surface area contributed by atoms with Crippen molar-refractivity contribution in [2.45, 2.75) is 6.54 Å². The summed E-state index contributed by atoms with van der Waals surface area (Å²) in [5.74, 6) is -0.793. The largest absolute Gasteiger partial charge is 0.475 e. The van der Waals surface area contributed by atoms with Gasteiger partial charge in [0.2, 0.25) is 5.76 Å². The van der Waals surface area contributed by atoms with Crippen LogP contribution in [0.5, 0.6) is 0 Å². The number of nitro benzene ring substituents is 1. The average molecular weight is 286 g/mol. The number of hydrogen-bond acceptors (Lipinski definition) is 4. The van der Waals surface area contributed by atoms with Gasteiger partial charge in [0.25, 0.3) is 5.69 Å². The lowest BCUT2D eigenvalue weighted by Crippen LogP contribution is -1.97. The van der Waals surface area contributed by atoms with E-state index in [9.17, 15) is 14.9 Å². The Balaban J connectivity index is 1.99. The number of fused-ring (bicyclic) bond motifs is 1. The van der Waals surface area contributed by atoms with Gasteiger partial charge < -0.3 is 14.1 Å². The summed E-state index contributed by atoms with van der Waals surface area (Å²) >= 11 is 0. The molecule has 0 saturated heterocycles. The standard InChI is InChI=1S/C14H10N2O5/c17-14(18)13-5-4-9(21-13)8-15-7-6-10-11(15)2-1-3-12(10)16(19)20/h1-7H,8H2,(H,17,18). The molecule has 0 aliphatic heterocycles. The third-order valence-electron chi connectivity index (χ3n) is 3.19. The molecule has 7 nitrogen and oxygen atoms in total.